The number of hydrogen-bond acceptors (Lipinski definition) is 6. The van der Waals surface area contributed by atoms with Gasteiger partial charge in [0.15, 0.2) is 0 Å². The van der Waals surface area contributed by atoms with Gasteiger partial charge in [-0.15, -0.1) is 15.9 Å². The molecule has 0 aliphatic rings. The van der Waals surface area contributed by atoms with Crippen molar-refractivity contribution >= 4 is 20.0 Å². The molecular weight excluding hydrogens is 438 g/mol. The first-order valence-electron chi connectivity index (χ1n) is 9.44. The average molecular weight is 464 g/mol. The highest BCUT2D eigenvalue weighted by molar-refractivity contribution is 7.17. The molecule has 0 aliphatic carbocycles. The minimum atomic E-state index is -4.56. The van der Waals surface area contributed by atoms with Crippen molar-refractivity contribution in [1.82, 2.24) is 0 Å². The fraction of sp³-hybridized carbons (Fsp3) is 0.500. The van der Waals surface area contributed by atoms with Crippen LogP contribution in [-0.4, -0.2) is 30.5 Å². The van der Waals surface area contributed by atoms with Crippen LogP contribution in [0.4, 0.5) is 13.2 Å². The third kappa shape index (κ3) is 7.63. The van der Waals surface area contributed by atoms with E-state index in [-0.39, 0.29) is 31.8 Å². The van der Waals surface area contributed by atoms with Gasteiger partial charge in [-0.2, -0.15) is 13.2 Å². The van der Waals surface area contributed by atoms with Crippen LogP contribution in [-0.2, 0) is 28.1 Å². The van der Waals surface area contributed by atoms with Gasteiger partial charge in [-0.3, -0.25) is 0 Å². The molecule has 2 rings (SSSR count). The summed E-state index contributed by atoms with van der Waals surface area (Å²) in [7, 11) is -1.02. The van der Waals surface area contributed by atoms with Crippen molar-refractivity contribution in [3.63, 3.8) is 0 Å². The molecule has 0 aliphatic heterocycles. The van der Waals surface area contributed by atoms with Crippen molar-refractivity contribution < 1.29 is 32.1 Å². The second kappa shape index (κ2) is 11.2. The van der Waals surface area contributed by atoms with Gasteiger partial charge in [-0.05, 0) is 67.0 Å². The molecule has 10 heteroatoms. The SMILES string of the molecule is Cc1ccc(CCCOc2ccc(CCC(N)(CO)CO[PH+]=O)cc2C(F)(F)F)s1. The molecule has 0 saturated heterocycles. The van der Waals surface area contributed by atoms with Crippen LogP contribution in [0.1, 0.15) is 33.7 Å². The standard InChI is InChI=1S/C20H26F3NO4PS/c1-14-4-6-16(30-14)3-2-10-27-18-7-5-15(11-17(18)20(21,22)23)8-9-19(24,12-25)13-28-29-26/h4-7,11,25,29H,2-3,8-10,12-13,24H2,1H3/q+1. The van der Waals surface area contributed by atoms with Gasteiger partial charge in [0, 0.05) is 9.75 Å². The van der Waals surface area contributed by atoms with Crippen LogP contribution in [0.25, 0.3) is 0 Å². The zero-order valence-corrected chi connectivity index (χ0v) is 18.4. The smallest absolute Gasteiger partial charge is 0.493 e. The lowest BCUT2D eigenvalue weighted by Crippen LogP contribution is -2.47. The predicted octanol–water partition coefficient (Wildman–Crippen LogP) is 4.66. The van der Waals surface area contributed by atoms with Crippen LogP contribution in [0.2, 0.25) is 0 Å². The molecular formula is C20H26F3NO4PS+. The summed E-state index contributed by atoms with van der Waals surface area (Å²) in [6.45, 7) is 1.61. The maximum Gasteiger partial charge on any atom is 0.494 e. The summed E-state index contributed by atoms with van der Waals surface area (Å²) in [5.74, 6) is -0.203. The van der Waals surface area contributed by atoms with Gasteiger partial charge in [0.05, 0.1) is 24.3 Å². The minimum absolute atomic E-state index is 0.150. The number of rotatable bonds is 12. The molecule has 3 N–H and O–H groups in total. The zero-order chi connectivity index (χ0) is 22.2. The Bertz CT molecular complexity index is 831. The molecule has 166 valence electrons. The Morgan fingerprint density at radius 3 is 2.57 bits per heavy atom. The number of alkyl halides is 3. The quantitative estimate of drug-likeness (QED) is 0.353. The van der Waals surface area contributed by atoms with Crippen molar-refractivity contribution in [1.29, 1.82) is 0 Å². The Balaban J connectivity index is 2.00. The first kappa shape index (κ1) is 24.8. The van der Waals surface area contributed by atoms with E-state index in [1.165, 1.54) is 15.8 Å². The van der Waals surface area contributed by atoms with Gasteiger partial charge in [0.1, 0.15) is 12.4 Å². The zero-order valence-electron chi connectivity index (χ0n) is 16.6. The highest BCUT2D eigenvalue weighted by Crippen LogP contribution is 2.37. The third-order valence-electron chi connectivity index (χ3n) is 4.62. The maximum atomic E-state index is 13.5. The Hall–Kier alpha value is -1.51. The number of benzene rings is 1. The molecule has 5 nitrogen and oxygen atoms in total. The fourth-order valence-corrected chi connectivity index (χ4v) is 4.17. The van der Waals surface area contributed by atoms with Gasteiger partial charge in [-0.25, -0.2) is 0 Å². The van der Waals surface area contributed by atoms with E-state index in [1.54, 1.807) is 17.4 Å². The Kier molecular flexibility index (Phi) is 9.25. The number of hydrogen-bond donors (Lipinski definition) is 2. The molecule has 0 radical (unpaired) electrons. The van der Waals surface area contributed by atoms with Gasteiger partial charge >= 0.3 is 14.9 Å². The van der Waals surface area contributed by atoms with E-state index >= 15 is 0 Å². The predicted molar refractivity (Wildman–Crippen MR) is 112 cm³/mol. The lowest BCUT2D eigenvalue weighted by atomic mass is 9.93. The van der Waals surface area contributed by atoms with Crippen LogP contribution in [0.15, 0.2) is 30.3 Å². The van der Waals surface area contributed by atoms with Crippen molar-refractivity contribution in [3.8, 4) is 5.75 Å². The maximum absolute atomic E-state index is 13.5. The number of nitrogens with two attached hydrogens (primary N) is 1. The number of ether oxygens (including phenoxy) is 1. The third-order valence-corrected chi connectivity index (χ3v) is 5.94. The highest BCUT2D eigenvalue weighted by Gasteiger charge is 2.35. The van der Waals surface area contributed by atoms with Crippen LogP contribution < -0.4 is 10.5 Å². The number of halogens is 3. The van der Waals surface area contributed by atoms with Crippen molar-refractivity contribution in [2.75, 3.05) is 19.8 Å². The molecule has 1 aromatic carbocycles. The molecule has 1 aromatic heterocycles. The van der Waals surface area contributed by atoms with E-state index in [4.69, 9.17) is 15.0 Å². The second-order valence-corrected chi connectivity index (χ2v) is 9.01. The fourth-order valence-electron chi connectivity index (χ4n) is 2.89. The first-order valence-corrected chi connectivity index (χ1v) is 11.1. The largest absolute Gasteiger partial charge is 0.494 e. The van der Waals surface area contributed by atoms with Gasteiger partial charge in [0.25, 0.3) is 0 Å². The van der Waals surface area contributed by atoms with E-state index in [1.807, 2.05) is 19.1 Å². The van der Waals surface area contributed by atoms with E-state index in [0.29, 0.717) is 12.0 Å². The van der Waals surface area contributed by atoms with E-state index in [0.717, 1.165) is 12.5 Å². The molecule has 2 unspecified atom stereocenters. The van der Waals surface area contributed by atoms with Crippen LogP contribution >= 0.6 is 20.0 Å². The summed E-state index contributed by atoms with van der Waals surface area (Å²) < 4.78 is 61.2. The molecule has 0 bridgehead atoms. The summed E-state index contributed by atoms with van der Waals surface area (Å²) in [6, 6.07) is 7.96. The molecule has 1 heterocycles. The summed E-state index contributed by atoms with van der Waals surface area (Å²) in [5.41, 5.74) is 4.36. The molecule has 0 amide bonds. The molecule has 2 aromatic rings. The molecule has 0 saturated carbocycles. The summed E-state index contributed by atoms with van der Waals surface area (Å²) in [4.78, 5) is 2.38. The number of aliphatic hydroxyl groups is 1. The van der Waals surface area contributed by atoms with Crippen LogP contribution in [0.5, 0.6) is 5.75 Å². The van der Waals surface area contributed by atoms with Crippen molar-refractivity contribution in [3.05, 3.63) is 51.2 Å². The summed E-state index contributed by atoms with van der Waals surface area (Å²) in [5, 5.41) is 9.42. The number of thiophene rings is 1. The van der Waals surface area contributed by atoms with Crippen LogP contribution in [0.3, 0.4) is 0 Å². The Labute approximate surface area is 179 Å². The van der Waals surface area contributed by atoms with Gasteiger partial charge in [0.2, 0.25) is 0 Å². The Morgan fingerprint density at radius 2 is 1.97 bits per heavy atom. The summed E-state index contributed by atoms with van der Waals surface area (Å²) in [6.07, 6.45) is -2.82. The van der Waals surface area contributed by atoms with E-state index < -0.39 is 32.6 Å². The monoisotopic (exact) mass is 464 g/mol. The lowest BCUT2D eigenvalue weighted by Gasteiger charge is -2.24. The molecule has 0 spiro atoms. The molecule has 0 fully saturated rings. The molecule has 30 heavy (non-hydrogen) atoms. The van der Waals surface area contributed by atoms with Crippen LogP contribution in [0, 0.1) is 6.92 Å². The van der Waals surface area contributed by atoms with Gasteiger partial charge in [-0.1, -0.05) is 6.07 Å². The number of aryl methyl sites for hydroxylation is 3. The van der Waals surface area contributed by atoms with Gasteiger partial charge < -0.3 is 15.6 Å². The lowest BCUT2D eigenvalue weighted by molar-refractivity contribution is -0.139. The van der Waals surface area contributed by atoms with E-state index in [9.17, 15) is 22.8 Å². The minimum Gasteiger partial charge on any atom is -0.493 e. The van der Waals surface area contributed by atoms with E-state index in [2.05, 4.69) is 0 Å². The first-order chi connectivity index (χ1) is 14.2. The summed E-state index contributed by atoms with van der Waals surface area (Å²) >= 11 is 1.67. The highest BCUT2D eigenvalue weighted by atomic mass is 32.1. The normalized spacial score (nSPS) is 14.1. The van der Waals surface area contributed by atoms with Crippen molar-refractivity contribution in [2.24, 2.45) is 5.73 Å². The Morgan fingerprint density at radius 1 is 1.20 bits per heavy atom. The number of aliphatic hydroxyl groups excluding tert-OH is 1. The topological polar surface area (TPSA) is 81.8 Å². The van der Waals surface area contributed by atoms with Crippen molar-refractivity contribution in [2.45, 2.75) is 44.3 Å². The molecule has 2 atom stereocenters. The second-order valence-electron chi connectivity index (χ2n) is 7.19. The average Bonchev–Trinajstić information content (AvgIpc) is 3.13.